The number of pyridine rings is 2. The van der Waals surface area contributed by atoms with Crippen LogP contribution in [0.3, 0.4) is 0 Å². The molecule has 0 bridgehead atoms. The van der Waals surface area contributed by atoms with Crippen LogP contribution in [0.2, 0.25) is 0 Å². The van der Waals surface area contributed by atoms with Gasteiger partial charge in [-0.3, -0.25) is 20.0 Å². The highest BCUT2D eigenvalue weighted by Gasteiger charge is 2.18. The average Bonchev–Trinajstić information content (AvgIpc) is 3.80. The third-order valence-corrected chi connectivity index (χ3v) is 8.06. The Labute approximate surface area is 260 Å². The largest absolute Gasteiger partial charge is 0.492 e. The number of para-hydroxylation sites is 1. The van der Waals surface area contributed by atoms with Crippen molar-refractivity contribution in [3.63, 3.8) is 0 Å². The third kappa shape index (κ3) is 6.36. The number of aromatic amines is 2. The second-order valence-corrected chi connectivity index (χ2v) is 11.6. The molecule has 5 heterocycles. The van der Waals surface area contributed by atoms with Crippen molar-refractivity contribution in [3.8, 4) is 45.4 Å². The van der Waals surface area contributed by atoms with Crippen molar-refractivity contribution < 1.29 is 13.9 Å². The van der Waals surface area contributed by atoms with E-state index in [2.05, 4.69) is 30.0 Å². The van der Waals surface area contributed by atoms with E-state index >= 15 is 0 Å². The van der Waals surface area contributed by atoms with E-state index in [1.54, 1.807) is 18.6 Å². The van der Waals surface area contributed by atoms with Crippen LogP contribution in [0.4, 0.5) is 4.39 Å². The molecule has 1 aliphatic heterocycles. The molecule has 0 unspecified atom stereocenters. The van der Waals surface area contributed by atoms with Gasteiger partial charge in [0.2, 0.25) is 0 Å². The first-order chi connectivity index (χ1) is 22.0. The Morgan fingerprint density at radius 3 is 2.62 bits per heavy atom. The summed E-state index contributed by atoms with van der Waals surface area (Å²) in [7, 11) is 3.94. The van der Waals surface area contributed by atoms with Gasteiger partial charge in [-0.2, -0.15) is 5.10 Å². The SMILES string of the molecule is CN(C)CCOc1cc(F)cc(-c2cccc3[nH]c(-c4n[nH]c5cnc(-c6cncc(OCCN7CCCC7)c6)cc45)nc23)c1. The molecule has 45 heavy (non-hydrogen) atoms. The topological polar surface area (TPSA) is 108 Å². The number of rotatable bonds is 11. The van der Waals surface area contributed by atoms with E-state index in [9.17, 15) is 4.39 Å². The van der Waals surface area contributed by atoms with Crippen molar-refractivity contribution in [1.82, 2.24) is 39.9 Å². The Hall–Kier alpha value is -4.87. The van der Waals surface area contributed by atoms with E-state index in [0.29, 0.717) is 41.6 Å². The summed E-state index contributed by atoms with van der Waals surface area (Å²) in [4.78, 5) is 21.9. The predicted octanol–water partition coefficient (Wildman–Crippen LogP) is 5.78. The molecule has 1 aliphatic rings. The molecule has 0 amide bonds. The first-order valence-electron chi connectivity index (χ1n) is 15.2. The number of likely N-dealkylation sites (N-methyl/N-ethyl adjacent to an activating group) is 1. The lowest BCUT2D eigenvalue weighted by Crippen LogP contribution is -2.25. The maximum atomic E-state index is 14.7. The molecule has 0 spiro atoms. The van der Waals surface area contributed by atoms with Gasteiger partial charge < -0.3 is 19.4 Å². The summed E-state index contributed by atoms with van der Waals surface area (Å²) in [5.41, 5.74) is 6.05. The molecule has 0 atom stereocenters. The Kier molecular flexibility index (Phi) is 8.10. The summed E-state index contributed by atoms with van der Waals surface area (Å²) in [6.07, 6.45) is 7.81. The minimum absolute atomic E-state index is 0.367. The number of nitrogens with zero attached hydrogens (tertiary/aromatic N) is 6. The molecule has 7 rings (SSSR count). The van der Waals surface area contributed by atoms with Crippen LogP contribution in [-0.4, -0.2) is 93.4 Å². The fourth-order valence-electron chi connectivity index (χ4n) is 5.72. The molecule has 230 valence electrons. The molecule has 0 saturated carbocycles. The predicted molar refractivity (Wildman–Crippen MR) is 173 cm³/mol. The molecule has 4 aromatic heterocycles. The summed E-state index contributed by atoms with van der Waals surface area (Å²) in [6, 6.07) is 14.5. The molecule has 6 aromatic rings. The van der Waals surface area contributed by atoms with E-state index in [1.807, 2.05) is 55.4 Å². The van der Waals surface area contributed by atoms with E-state index < -0.39 is 0 Å². The van der Waals surface area contributed by atoms with E-state index in [0.717, 1.165) is 65.2 Å². The molecular formula is C34H35FN8O2. The first kappa shape index (κ1) is 28.9. The van der Waals surface area contributed by atoms with Crippen molar-refractivity contribution in [2.45, 2.75) is 12.8 Å². The molecule has 1 saturated heterocycles. The number of hydrogen-bond acceptors (Lipinski definition) is 8. The van der Waals surface area contributed by atoms with Gasteiger partial charge in [-0.25, -0.2) is 9.37 Å². The van der Waals surface area contributed by atoms with Crippen molar-refractivity contribution >= 4 is 21.9 Å². The molecule has 0 radical (unpaired) electrons. The number of fused-ring (bicyclic) bond motifs is 2. The zero-order chi connectivity index (χ0) is 30.8. The highest BCUT2D eigenvalue weighted by atomic mass is 19.1. The van der Waals surface area contributed by atoms with Gasteiger partial charge in [-0.15, -0.1) is 0 Å². The Morgan fingerprint density at radius 1 is 0.911 bits per heavy atom. The summed E-state index contributed by atoms with van der Waals surface area (Å²) in [6.45, 7) is 5.01. The van der Waals surface area contributed by atoms with Crippen LogP contribution in [0.5, 0.6) is 11.5 Å². The zero-order valence-corrected chi connectivity index (χ0v) is 25.4. The average molecular weight is 607 g/mol. The van der Waals surface area contributed by atoms with Crippen molar-refractivity contribution in [2.75, 3.05) is 53.5 Å². The van der Waals surface area contributed by atoms with Crippen molar-refractivity contribution in [2.24, 2.45) is 0 Å². The minimum atomic E-state index is -0.367. The number of H-pyrrole nitrogens is 2. The lowest BCUT2D eigenvalue weighted by molar-refractivity contribution is 0.237. The van der Waals surface area contributed by atoms with E-state index in [4.69, 9.17) is 14.5 Å². The van der Waals surface area contributed by atoms with Gasteiger partial charge in [0.1, 0.15) is 36.2 Å². The van der Waals surface area contributed by atoms with Crippen LogP contribution in [0.15, 0.2) is 67.1 Å². The van der Waals surface area contributed by atoms with Crippen molar-refractivity contribution in [1.29, 1.82) is 0 Å². The number of benzene rings is 2. The number of imidazole rings is 1. The lowest BCUT2D eigenvalue weighted by atomic mass is 10.0. The number of halogens is 1. The summed E-state index contributed by atoms with van der Waals surface area (Å²) in [5.74, 6) is 1.42. The smallest absolute Gasteiger partial charge is 0.159 e. The highest BCUT2D eigenvalue weighted by Crippen LogP contribution is 2.34. The van der Waals surface area contributed by atoms with Crippen LogP contribution in [0, 0.1) is 5.82 Å². The maximum absolute atomic E-state index is 14.7. The molecule has 10 nitrogen and oxygen atoms in total. The fourth-order valence-corrected chi connectivity index (χ4v) is 5.72. The van der Waals surface area contributed by atoms with Gasteiger partial charge in [0.15, 0.2) is 5.82 Å². The number of nitrogens with one attached hydrogen (secondary N) is 2. The maximum Gasteiger partial charge on any atom is 0.159 e. The first-order valence-corrected chi connectivity index (χ1v) is 15.2. The number of hydrogen-bond donors (Lipinski definition) is 2. The molecular weight excluding hydrogens is 571 g/mol. The Balaban J connectivity index is 1.17. The van der Waals surface area contributed by atoms with Gasteiger partial charge in [-0.05, 0) is 75.9 Å². The van der Waals surface area contributed by atoms with Gasteiger partial charge in [0.05, 0.1) is 34.6 Å². The third-order valence-electron chi connectivity index (χ3n) is 8.06. The molecule has 2 aromatic carbocycles. The Bertz CT molecular complexity index is 1950. The second-order valence-electron chi connectivity index (χ2n) is 11.6. The molecule has 0 aliphatic carbocycles. The Morgan fingerprint density at radius 2 is 1.76 bits per heavy atom. The van der Waals surface area contributed by atoms with Crippen LogP contribution >= 0.6 is 0 Å². The van der Waals surface area contributed by atoms with Crippen LogP contribution in [0.25, 0.3) is 55.8 Å². The van der Waals surface area contributed by atoms with Gasteiger partial charge >= 0.3 is 0 Å². The minimum Gasteiger partial charge on any atom is -0.492 e. The van der Waals surface area contributed by atoms with E-state index in [1.165, 1.54) is 25.0 Å². The monoisotopic (exact) mass is 606 g/mol. The summed E-state index contributed by atoms with van der Waals surface area (Å²) in [5, 5.41) is 8.52. The van der Waals surface area contributed by atoms with Crippen LogP contribution in [-0.2, 0) is 0 Å². The summed E-state index contributed by atoms with van der Waals surface area (Å²) >= 11 is 0. The number of likely N-dealkylation sites (tertiary alicyclic amines) is 1. The highest BCUT2D eigenvalue weighted by molar-refractivity contribution is 5.97. The second kappa shape index (κ2) is 12.6. The zero-order valence-electron chi connectivity index (χ0n) is 25.4. The van der Waals surface area contributed by atoms with E-state index in [-0.39, 0.29) is 5.82 Å². The number of ether oxygens (including phenoxy) is 2. The van der Waals surface area contributed by atoms with Gasteiger partial charge in [0.25, 0.3) is 0 Å². The van der Waals surface area contributed by atoms with Crippen molar-refractivity contribution in [3.05, 3.63) is 72.9 Å². The summed E-state index contributed by atoms with van der Waals surface area (Å²) < 4.78 is 26.5. The normalized spacial score (nSPS) is 13.8. The van der Waals surface area contributed by atoms with Crippen LogP contribution < -0.4 is 9.47 Å². The standard InChI is InChI=1S/C34H35FN8O2/c1-42(2)10-12-44-25-15-22(14-24(35)17-25)27-6-5-7-29-32(27)39-34(38-29)33-28-18-30(37-21-31(28)40-41-33)23-16-26(20-36-19-23)45-13-11-43-8-3-4-9-43/h5-7,14-21H,3-4,8-13H2,1-2H3,(H,38,39)(H,40,41). The quantitative estimate of drug-likeness (QED) is 0.191. The molecule has 11 heteroatoms. The fraction of sp³-hybridized carbons (Fsp3) is 0.294. The van der Waals surface area contributed by atoms with Crippen LogP contribution in [0.1, 0.15) is 12.8 Å². The number of aromatic nitrogens is 6. The van der Waals surface area contributed by atoms with Gasteiger partial charge in [-0.1, -0.05) is 12.1 Å². The lowest BCUT2D eigenvalue weighted by Gasteiger charge is -2.15. The molecule has 2 N–H and O–H groups in total. The van der Waals surface area contributed by atoms with Gasteiger partial charge in [0, 0.05) is 41.9 Å². The molecule has 1 fully saturated rings.